The molecule has 0 saturated carbocycles. The lowest BCUT2D eigenvalue weighted by atomic mass is 9.96. The first-order chi connectivity index (χ1) is 10.6. The van der Waals surface area contributed by atoms with Crippen LogP contribution in [0.3, 0.4) is 0 Å². The Morgan fingerprint density at radius 2 is 1.95 bits per heavy atom. The number of nitrogens with zero attached hydrogens (tertiary/aromatic N) is 2. The van der Waals surface area contributed by atoms with Crippen LogP contribution in [-0.4, -0.2) is 51.1 Å². The van der Waals surface area contributed by atoms with Crippen LogP contribution in [-0.2, 0) is 11.3 Å². The molecule has 2 rings (SSSR count). The Hall–Kier alpha value is -1.58. The van der Waals surface area contributed by atoms with Crippen molar-refractivity contribution in [1.82, 2.24) is 9.80 Å². The molecule has 1 aliphatic rings. The molecule has 0 fully saturated rings. The summed E-state index contributed by atoms with van der Waals surface area (Å²) in [6, 6.07) is 8.75. The van der Waals surface area contributed by atoms with Gasteiger partial charge in [0.2, 0.25) is 0 Å². The van der Waals surface area contributed by atoms with Crippen molar-refractivity contribution in [1.29, 1.82) is 0 Å². The topological polar surface area (TPSA) is 15.7 Å². The monoisotopic (exact) mass is 299 g/mol. The second kappa shape index (κ2) is 8.16. The summed E-state index contributed by atoms with van der Waals surface area (Å²) in [6.45, 7) is 3.11. The Bertz CT molecular complexity index is 546. The highest BCUT2D eigenvalue weighted by molar-refractivity contribution is 5.79. The van der Waals surface area contributed by atoms with E-state index in [1.54, 1.807) is 7.11 Å². The Morgan fingerprint density at radius 3 is 2.68 bits per heavy atom. The molecule has 0 atom stereocenters. The molecule has 1 aromatic carbocycles. The third kappa shape index (κ3) is 4.72. The molecule has 0 aromatic heterocycles. The average molecular weight is 299 g/mol. The third-order valence-electron chi connectivity index (χ3n) is 3.83. The summed E-state index contributed by atoms with van der Waals surface area (Å²) in [6.07, 6.45) is 7.41. The molecule has 3 heteroatoms. The number of benzene rings is 1. The van der Waals surface area contributed by atoms with Gasteiger partial charge in [-0.1, -0.05) is 24.3 Å². The summed E-state index contributed by atoms with van der Waals surface area (Å²) in [4.78, 5) is 4.57. The number of allylic oxidation sites excluding steroid dienone is 3. The van der Waals surface area contributed by atoms with Gasteiger partial charge in [0.25, 0.3) is 0 Å². The molecule has 0 amide bonds. The van der Waals surface area contributed by atoms with E-state index < -0.39 is 0 Å². The summed E-state index contributed by atoms with van der Waals surface area (Å²) < 4.78 is 5.50. The molecular weight excluding hydrogens is 272 g/mol. The molecule has 0 N–H and O–H groups in total. The lowest BCUT2D eigenvalue weighted by Crippen LogP contribution is -2.28. The van der Waals surface area contributed by atoms with Crippen molar-refractivity contribution < 1.29 is 4.74 Å². The number of ether oxygens (including phenoxy) is 1. The standard InChI is InChI=1S/C19H27N2O/c1-20(2)12-13-21(3)15-16-8-7-9-17(14-16)18-10-5-6-11-19(18)22-4/h5,7-11,14H,6,12-13,15H2,1-4H3. The van der Waals surface area contributed by atoms with Gasteiger partial charge in [-0.05, 0) is 57.3 Å². The second-order valence-corrected chi connectivity index (χ2v) is 6.07. The van der Waals surface area contributed by atoms with Crippen molar-refractivity contribution in [2.75, 3.05) is 41.3 Å². The normalized spacial score (nSPS) is 15.0. The predicted octanol–water partition coefficient (Wildman–Crippen LogP) is 3.20. The minimum Gasteiger partial charge on any atom is -0.496 e. The molecule has 0 heterocycles. The van der Waals surface area contributed by atoms with Crippen LogP contribution in [0.25, 0.3) is 5.57 Å². The molecule has 22 heavy (non-hydrogen) atoms. The SMILES string of the molecule is COC1=CC[CH]C=C1c1cccc(CN(C)CCN(C)C)c1. The Balaban J connectivity index is 2.07. The van der Waals surface area contributed by atoms with E-state index in [4.69, 9.17) is 4.74 Å². The zero-order valence-electron chi connectivity index (χ0n) is 14.2. The fourth-order valence-electron chi connectivity index (χ4n) is 2.58. The molecule has 0 spiro atoms. The van der Waals surface area contributed by atoms with Crippen LogP contribution in [0.2, 0.25) is 0 Å². The fourth-order valence-corrected chi connectivity index (χ4v) is 2.58. The van der Waals surface area contributed by atoms with Crippen molar-refractivity contribution >= 4 is 5.57 Å². The summed E-state index contributed by atoms with van der Waals surface area (Å²) in [5.74, 6) is 0.973. The lowest BCUT2D eigenvalue weighted by molar-refractivity contribution is 0.276. The molecule has 1 aromatic rings. The van der Waals surface area contributed by atoms with Gasteiger partial charge in [0.15, 0.2) is 0 Å². The van der Waals surface area contributed by atoms with Crippen molar-refractivity contribution in [3.05, 3.63) is 59.7 Å². The minimum atomic E-state index is 0.944. The van der Waals surface area contributed by atoms with E-state index in [1.807, 2.05) is 0 Å². The Labute approximate surface area is 134 Å². The second-order valence-electron chi connectivity index (χ2n) is 6.07. The highest BCUT2D eigenvalue weighted by Crippen LogP contribution is 2.28. The van der Waals surface area contributed by atoms with Gasteiger partial charge in [0.1, 0.15) is 5.76 Å². The van der Waals surface area contributed by atoms with E-state index in [1.165, 1.54) is 16.7 Å². The number of methoxy groups -OCH3 is 1. The van der Waals surface area contributed by atoms with E-state index in [0.717, 1.165) is 31.8 Å². The van der Waals surface area contributed by atoms with Gasteiger partial charge in [0.05, 0.1) is 7.11 Å². The molecule has 0 saturated heterocycles. The molecule has 1 aliphatic carbocycles. The van der Waals surface area contributed by atoms with Crippen LogP contribution in [0.1, 0.15) is 17.5 Å². The van der Waals surface area contributed by atoms with Gasteiger partial charge in [-0.3, -0.25) is 0 Å². The maximum absolute atomic E-state index is 5.50. The van der Waals surface area contributed by atoms with Crippen LogP contribution in [0, 0.1) is 6.42 Å². The first-order valence-corrected chi connectivity index (χ1v) is 7.80. The van der Waals surface area contributed by atoms with Crippen molar-refractivity contribution in [2.45, 2.75) is 13.0 Å². The van der Waals surface area contributed by atoms with Gasteiger partial charge in [-0.15, -0.1) is 0 Å². The largest absolute Gasteiger partial charge is 0.496 e. The molecule has 0 bridgehead atoms. The smallest absolute Gasteiger partial charge is 0.122 e. The van der Waals surface area contributed by atoms with Gasteiger partial charge in [0, 0.05) is 25.2 Å². The summed E-state index contributed by atoms with van der Waals surface area (Å²) >= 11 is 0. The van der Waals surface area contributed by atoms with Crippen molar-refractivity contribution in [3.8, 4) is 0 Å². The fraction of sp³-hybridized carbons (Fsp3) is 0.421. The minimum absolute atomic E-state index is 0.944. The van der Waals surface area contributed by atoms with E-state index in [2.05, 4.69) is 73.8 Å². The number of rotatable bonds is 7. The van der Waals surface area contributed by atoms with E-state index in [9.17, 15) is 0 Å². The summed E-state index contributed by atoms with van der Waals surface area (Å²) in [7, 11) is 8.13. The van der Waals surface area contributed by atoms with Crippen LogP contribution in [0.4, 0.5) is 0 Å². The first-order valence-electron chi connectivity index (χ1n) is 7.80. The molecule has 0 aliphatic heterocycles. The van der Waals surface area contributed by atoms with E-state index >= 15 is 0 Å². The van der Waals surface area contributed by atoms with Crippen LogP contribution in [0.15, 0.2) is 42.2 Å². The highest BCUT2D eigenvalue weighted by atomic mass is 16.5. The van der Waals surface area contributed by atoms with Crippen LogP contribution >= 0.6 is 0 Å². The molecule has 3 nitrogen and oxygen atoms in total. The van der Waals surface area contributed by atoms with Crippen LogP contribution in [0.5, 0.6) is 0 Å². The molecule has 119 valence electrons. The number of hydrogen-bond donors (Lipinski definition) is 0. The Kier molecular flexibility index (Phi) is 6.22. The lowest BCUT2D eigenvalue weighted by Gasteiger charge is -2.20. The van der Waals surface area contributed by atoms with E-state index in [0.29, 0.717) is 0 Å². The highest BCUT2D eigenvalue weighted by Gasteiger charge is 2.12. The first kappa shape index (κ1) is 16.8. The maximum atomic E-state index is 5.50. The van der Waals surface area contributed by atoms with Gasteiger partial charge in [-0.2, -0.15) is 0 Å². The average Bonchev–Trinajstić information content (AvgIpc) is 2.53. The van der Waals surface area contributed by atoms with Gasteiger partial charge >= 0.3 is 0 Å². The maximum Gasteiger partial charge on any atom is 0.122 e. The zero-order chi connectivity index (χ0) is 15.9. The summed E-state index contributed by atoms with van der Waals surface area (Å²) in [5, 5.41) is 0. The van der Waals surface area contributed by atoms with Crippen molar-refractivity contribution in [2.24, 2.45) is 0 Å². The third-order valence-corrected chi connectivity index (χ3v) is 3.83. The molecule has 0 unspecified atom stereocenters. The summed E-state index contributed by atoms with van der Waals surface area (Å²) in [5.41, 5.74) is 3.73. The van der Waals surface area contributed by atoms with Crippen molar-refractivity contribution in [3.63, 3.8) is 0 Å². The number of likely N-dealkylation sites (N-methyl/N-ethyl adjacent to an activating group) is 2. The van der Waals surface area contributed by atoms with Gasteiger partial charge in [-0.25, -0.2) is 0 Å². The van der Waals surface area contributed by atoms with Gasteiger partial charge < -0.3 is 14.5 Å². The Morgan fingerprint density at radius 1 is 1.14 bits per heavy atom. The quantitative estimate of drug-likeness (QED) is 0.769. The molecular formula is C19H27N2O. The zero-order valence-corrected chi connectivity index (χ0v) is 14.2. The predicted molar refractivity (Wildman–Crippen MR) is 93.3 cm³/mol. The van der Waals surface area contributed by atoms with E-state index in [-0.39, 0.29) is 0 Å². The van der Waals surface area contributed by atoms with Crippen LogP contribution < -0.4 is 0 Å². The molecule has 1 radical (unpaired) electrons. The number of hydrogen-bond acceptors (Lipinski definition) is 3.